The van der Waals surface area contributed by atoms with E-state index < -0.39 is 0 Å². The lowest BCUT2D eigenvalue weighted by atomic mass is 9.83. The lowest BCUT2D eigenvalue weighted by molar-refractivity contribution is 0.127. The SMILES string of the molecule is CCC(CC)(CO)CNc1ccc(N)c(OCC(C)C)n1. The van der Waals surface area contributed by atoms with Crippen LogP contribution in [0.2, 0.25) is 0 Å². The Morgan fingerprint density at radius 1 is 1.33 bits per heavy atom. The van der Waals surface area contributed by atoms with Gasteiger partial charge in [0.05, 0.1) is 18.9 Å². The van der Waals surface area contributed by atoms with E-state index in [1.165, 1.54) is 0 Å². The number of aliphatic hydroxyl groups excluding tert-OH is 1. The van der Waals surface area contributed by atoms with Crippen molar-refractivity contribution in [2.45, 2.75) is 40.5 Å². The number of nitrogens with zero attached hydrogens (tertiary/aromatic N) is 1. The molecule has 1 heterocycles. The molecule has 0 aliphatic heterocycles. The van der Waals surface area contributed by atoms with Crippen molar-refractivity contribution in [3.63, 3.8) is 0 Å². The zero-order valence-corrected chi connectivity index (χ0v) is 13.6. The van der Waals surface area contributed by atoms with Crippen molar-refractivity contribution < 1.29 is 9.84 Å². The Hall–Kier alpha value is -1.49. The van der Waals surface area contributed by atoms with Crippen LogP contribution in [0.25, 0.3) is 0 Å². The van der Waals surface area contributed by atoms with Crippen LogP contribution in [0.1, 0.15) is 40.5 Å². The van der Waals surface area contributed by atoms with Crippen LogP contribution in [0.4, 0.5) is 11.5 Å². The smallest absolute Gasteiger partial charge is 0.239 e. The Kier molecular flexibility index (Phi) is 6.75. The summed E-state index contributed by atoms with van der Waals surface area (Å²) in [5.74, 6) is 1.61. The second kappa shape index (κ2) is 8.08. The molecule has 5 nitrogen and oxygen atoms in total. The highest BCUT2D eigenvalue weighted by Gasteiger charge is 2.25. The van der Waals surface area contributed by atoms with Gasteiger partial charge in [0.15, 0.2) is 0 Å². The Morgan fingerprint density at radius 2 is 2.00 bits per heavy atom. The van der Waals surface area contributed by atoms with E-state index in [0.717, 1.165) is 18.7 Å². The fourth-order valence-electron chi connectivity index (χ4n) is 1.97. The van der Waals surface area contributed by atoms with Crippen molar-refractivity contribution in [1.29, 1.82) is 0 Å². The maximum Gasteiger partial charge on any atom is 0.239 e. The van der Waals surface area contributed by atoms with Gasteiger partial charge in [-0.3, -0.25) is 0 Å². The van der Waals surface area contributed by atoms with Gasteiger partial charge in [0.25, 0.3) is 0 Å². The molecule has 0 atom stereocenters. The van der Waals surface area contributed by atoms with Crippen LogP contribution < -0.4 is 15.8 Å². The Labute approximate surface area is 127 Å². The molecule has 120 valence electrons. The largest absolute Gasteiger partial charge is 0.476 e. The van der Waals surface area contributed by atoms with Crippen LogP contribution in [0.15, 0.2) is 12.1 Å². The third-order valence-corrected chi connectivity index (χ3v) is 3.92. The molecule has 0 amide bonds. The Balaban J connectivity index is 2.73. The fraction of sp³-hybridized carbons (Fsp3) is 0.688. The molecule has 0 aliphatic carbocycles. The van der Waals surface area contributed by atoms with Gasteiger partial charge in [0.1, 0.15) is 5.82 Å². The number of rotatable bonds is 9. The molecule has 1 aromatic rings. The van der Waals surface area contributed by atoms with Crippen LogP contribution in [-0.2, 0) is 0 Å². The van der Waals surface area contributed by atoms with E-state index in [-0.39, 0.29) is 12.0 Å². The molecular weight excluding hydrogens is 266 g/mol. The molecule has 0 fully saturated rings. The molecule has 21 heavy (non-hydrogen) atoms. The second-order valence-corrected chi connectivity index (χ2v) is 6.01. The molecule has 0 unspecified atom stereocenters. The van der Waals surface area contributed by atoms with Gasteiger partial charge in [-0.2, -0.15) is 4.98 Å². The van der Waals surface area contributed by atoms with Crippen LogP contribution in [-0.4, -0.2) is 29.8 Å². The Morgan fingerprint density at radius 3 is 2.52 bits per heavy atom. The summed E-state index contributed by atoms with van der Waals surface area (Å²) in [6.07, 6.45) is 1.83. The first-order valence-corrected chi connectivity index (χ1v) is 7.70. The highest BCUT2D eigenvalue weighted by molar-refractivity contribution is 5.53. The summed E-state index contributed by atoms with van der Waals surface area (Å²) in [6.45, 7) is 9.78. The summed E-state index contributed by atoms with van der Waals surface area (Å²) in [7, 11) is 0. The van der Waals surface area contributed by atoms with E-state index in [9.17, 15) is 5.11 Å². The molecule has 0 aromatic carbocycles. The number of hydrogen-bond acceptors (Lipinski definition) is 5. The monoisotopic (exact) mass is 295 g/mol. The number of pyridine rings is 1. The van der Waals surface area contributed by atoms with Gasteiger partial charge in [-0.05, 0) is 30.9 Å². The maximum absolute atomic E-state index is 9.59. The number of aliphatic hydroxyl groups is 1. The van der Waals surface area contributed by atoms with Gasteiger partial charge >= 0.3 is 0 Å². The predicted molar refractivity (Wildman–Crippen MR) is 87.6 cm³/mol. The van der Waals surface area contributed by atoms with Crippen LogP contribution in [0.3, 0.4) is 0 Å². The quantitative estimate of drug-likeness (QED) is 0.652. The number of nitrogens with one attached hydrogen (secondary N) is 1. The molecule has 1 aromatic heterocycles. The first-order valence-electron chi connectivity index (χ1n) is 7.70. The lowest BCUT2D eigenvalue weighted by Gasteiger charge is -2.29. The number of nitrogen functional groups attached to an aromatic ring is 1. The zero-order chi connectivity index (χ0) is 15.9. The third-order valence-electron chi connectivity index (χ3n) is 3.92. The molecule has 0 saturated carbocycles. The molecule has 0 saturated heterocycles. The summed E-state index contributed by atoms with van der Waals surface area (Å²) in [5, 5.41) is 12.9. The van der Waals surface area contributed by atoms with E-state index in [1.807, 2.05) is 6.07 Å². The molecule has 5 heteroatoms. The zero-order valence-electron chi connectivity index (χ0n) is 13.6. The third kappa shape index (κ3) is 5.08. The van der Waals surface area contributed by atoms with E-state index >= 15 is 0 Å². The first kappa shape index (κ1) is 17.6. The summed E-state index contributed by atoms with van der Waals surface area (Å²) in [5.41, 5.74) is 6.31. The van der Waals surface area contributed by atoms with Gasteiger partial charge in [0, 0.05) is 12.0 Å². The highest BCUT2D eigenvalue weighted by Crippen LogP contribution is 2.27. The number of ether oxygens (including phenoxy) is 1. The second-order valence-electron chi connectivity index (χ2n) is 6.01. The number of aromatic nitrogens is 1. The minimum atomic E-state index is -0.109. The van der Waals surface area contributed by atoms with E-state index in [0.29, 0.717) is 30.6 Å². The number of anilines is 2. The average molecular weight is 295 g/mol. The van der Waals surface area contributed by atoms with Crippen LogP contribution in [0.5, 0.6) is 5.88 Å². The van der Waals surface area contributed by atoms with Crippen LogP contribution in [0, 0.1) is 11.3 Å². The van der Waals surface area contributed by atoms with Gasteiger partial charge < -0.3 is 20.9 Å². The van der Waals surface area contributed by atoms with Crippen molar-refractivity contribution in [2.24, 2.45) is 11.3 Å². The van der Waals surface area contributed by atoms with Gasteiger partial charge in [0.2, 0.25) is 5.88 Å². The average Bonchev–Trinajstić information content (AvgIpc) is 2.49. The van der Waals surface area contributed by atoms with Gasteiger partial charge in [-0.1, -0.05) is 27.7 Å². The van der Waals surface area contributed by atoms with Crippen molar-refractivity contribution in [1.82, 2.24) is 4.98 Å². The highest BCUT2D eigenvalue weighted by atomic mass is 16.5. The van der Waals surface area contributed by atoms with Crippen molar-refractivity contribution in [2.75, 3.05) is 30.8 Å². The van der Waals surface area contributed by atoms with Crippen molar-refractivity contribution in [3.8, 4) is 5.88 Å². The normalized spacial score (nSPS) is 11.7. The van der Waals surface area contributed by atoms with Gasteiger partial charge in [-0.15, -0.1) is 0 Å². The summed E-state index contributed by atoms with van der Waals surface area (Å²) in [6, 6.07) is 3.63. The number of nitrogens with two attached hydrogens (primary N) is 1. The fourth-order valence-corrected chi connectivity index (χ4v) is 1.97. The Bertz CT molecular complexity index is 423. The van der Waals surface area contributed by atoms with E-state index in [1.54, 1.807) is 6.07 Å². The molecule has 0 spiro atoms. The van der Waals surface area contributed by atoms with E-state index in [4.69, 9.17) is 10.5 Å². The predicted octanol–water partition coefficient (Wildman–Crippen LogP) is 2.91. The molecular formula is C16H29N3O2. The lowest BCUT2D eigenvalue weighted by Crippen LogP contribution is -2.32. The summed E-state index contributed by atoms with van der Waals surface area (Å²) < 4.78 is 5.62. The van der Waals surface area contributed by atoms with Gasteiger partial charge in [-0.25, -0.2) is 0 Å². The molecule has 1 rings (SSSR count). The van der Waals surface area contributed by atoms with E-state index in [2.05, 4.69) is 38.0 Å². The molecule has 4 N–H and O–H groups in total. The molecule has 0 radical (unpaired) electrons. The minimum Gasteiger partial charge on any atom is -0.476 e. The minimum absolute atomic E-state index is 0.109. The van der Waals surface area contributed by atoms with Crippen molar-refractivity contribution in [3.05, 3.63) is 12.1 Å². The molecule has 0 bridgehead atoms. The standard InChI is InChI=1S/C16H29N3O2/c1-5-16(6-2,11-20)10-18-14-8-7-13(17)15(19-14)21-9-12(3)4/h7-8,12,20H,5-6,9-11,17H2,1-4H3,(H,18,19). The van der Waals surface area contributed by atoms with Crippen molar-refractivity contribution >= 4 is 11.5 Å². The number of hydrogen-bond donors (Lipinski definition) is 3. The summed E-state index contributed by atoms with van der Waals surface area (Å²) in [4.78, 5) is 4.41. The maximum atomic E-state index is 9.59. The molecule has 0 aliphatic rings. The van der Waals surface area contributed by atoms with Crippen LogP contribution >= 0.6 is 0 Å². The topological polar surface area (TPSA) is 80.4 Å². The first-order chi connectivity index (χ1) is 9.96. The summed E-state index contributed by atoms with van der Waals surface area (Å²) >= 11 is 0.